The van der Waals surface area contributed by atoms with Gasteiger partial charge < -0.3 is 13.7 Å². The standard InChI is InChI=1S/C28H24Cl2N2O8S/c1-3-12-39-24-10-4-17(13-25(24)38-2)16-32-27(34)22(26(33)31-28(32)35)15-18-14-20(30)7-11-23(18)40-41(36,37)21-8-5-19(29)6-9-21/h4-11,13-15H,3,12,16H2,1-2H3,(H,31,33,35)/b22-15+. The topological polar surface area (TPSA) is 128 Å². The highest BCUT2D eigenvalue weighted by atomic mass is 35.5. The summed E-state index contributed by atoms with van der Waals surface area (Å²) in [6.45, 7) is 2.25. The van der Waals surface area contributed by atoms with E-state index in [4.69, 9.17) is 36.9 Å². The fourth-order valence-corrected chi connectivity index (χ4v) is 5.05. The van der Waals surface area contributed by atoms with Crippen molar-refractivity contribution in [1.82, 2.24) is 10.2 Å². The van der Waals surface area contributed by atoms with E-state index >= 15 is 0 Å². The lowest BCUT2D eigenvalue weighted by Crippen LogP contribution is -2.53. The van der Waals surface area contributed by atoms with Crippen molar-refractivity contribution in [3.63, 3.8) is 0 Å². The number of hydrogen-bond acceptors (Lipinski definition) is 8. The van der Waals surface area contributed by atoms with Crippen LogP contribution in [0.15, 0.2) is 71.1 Å². The second-order valence-corrected chi connectivity index (χ2v) is 11.1. The number of benzene rings is 3. The van der Waals surface area contributed by atoms with Gasteiger partial charge in [-0.05, 0) is 72.7 Å². The molecule has 0 atom stereocenters. The molecule has 1 saturated heterocycles. The molecule has 1 aliphatic heterocycles. The first-order valence-corrected chi connectivity index (χ1v) is 14.4. The molecule has 0 spiro atoms. The van der Waals surface area contributed by atoms with Crippen LogP contribution in [0.1, 0.15) is 24.5 Å². The van der Waals surface area contributed by atoms with Gasteiger partial charge in [0, 0.05) is 15.6 Å². The van der Waals surface area contributed by atoms with Crippen LogP contribution < -0.4 is 19.0 Å². The van der Waals surface area contributed by atoms with Crippen LogP contribution in [0.5, 0.6) is 17.2 Å². The van der Waals surface area contributed by atoms with Crippen LogP contribution in [0.25, 0.3) is 6.08 Å². The van der Waals surface area contributed by atoms with Crippen molar-refractivity contribution in [2.75, 3.05) is 13.7 Å². The quantitative estimate of drug-likeness (QED) is 0.186. The minimum atomic E-state index is -4.31. The van der Waals surface area contributed by atoms with E-state index in [0.29, 0.717) is 28.7 Å². The van der Waals surface area contributed by atoms with Gasteiger partial charge >= 0.3 is 16.1 Å². The van der Waals surface area contributed by atoms with Gasteiger partial charge in [-0.2, -0.15) is 8.42 Å². The van der Waals surface area contributed by atoms with Crippen LogP contribution in [0, 0.1) is 0 Å². The highest BCUT2D eigenvalue weighted by molar-refractivity contribution is 7.87. The number of carbonyl (C=O) groups excluding carboxylic acids is 3. The maximum Gasteiger partial charge on any atom is 0.339 e. The Balaban J connectivity index is 1.65. The van der Waals surface area contributed by atoms with Crippen molar-refractivity contribution < 1.29 is 36.5 Å². The predicted octanol–water partition coefficient (Wildman–Crippen LogP) is 5.22. The lowest BCUT2D eigenvalue weighted by molar-refractivity contribution is -0.130. The number of nitrogens with one attached hydrogen (secondary N) is 1. The Kier molecular flexibility index (Phi) is 9.21. The maximum atomic E-state index is 13.4. The predicted molar refractivity (Wildman–Crippen MR) is 152 cm³/mol. The molecule has 3 aromatic carbocycles. The van der Waals surface area contributed by atoms with E-state index in [2.05, 4.69) is 5.32 Å². The van der Waals surface area contributed by atoms with Crippen molar-refractivity contribution in [2.24, 2.45) is 0 Å². The summed E-state index contributed by atoms with van der Waals surface area (Å²) in [6.07, 6.45) is 1.90. The van der Waals surface area contributed by atoms with Gasteiger partial charge in [0.25, 0.3) is 11.8 Å². The summed E-state index contributed by atoms with van der Waals surface area (Å²) in [5.41, 5.74) is 0.112. The van der Waals surface area contributed by atoms with Crippen molar-refractivity contribution in [1.29, 1.82) is 0 Å². The van der Waals surface area contributed by atoms with Crippen LogP contribution in [-0.2, 0) is 26.3 Å². The fourth-order valence-electron chi connectivity index (χ4n) is 3.79. The summed E-state index contributed by atoms with van der Waals surface area (Å²) in [5, 5.41) is 2.65. The summed E-state index contributed by atoms with van der Waals surface area (Å²) < 4.78 is 42.1. The molecule has 1 aliphatic rings. The molecule has 1 heterocycles. The van der Waals surface area contributed by atoms with Crippen molar-refractivity contribution in [3.8, 4) is 17.2 Å². The number of methoxy groups -OCH3 is 1. The number of halogens is 2. The first-order valence-electron chi connectivity index (χ1n) is 12.2. The molecular weight excluding hydrogens is 595 g/mol. The summed E-state index contributed by atoms with van der Waals surface area (Å²) in [6, 6.07) is 13.3. The minimum Gasteiger partial charge on any atom is -0.493 e. The molecule has 214 valence electrons. The summed E-state index contributed by atoms with van der Waals surface area (Å²) in [7, 11) is -2.85. The SMILES string of the molecule is CCCOc1ccc(CN2C(=O)NC(=O)/C(=C\c3cc(Cl)ccc3OS(=O)(=O)c3ccc(Cl)cc3)C2=O)cc1OC. The van der Waals surface area contributed by atoms with E-state index in [0.717, 1.165) is 17.4 Å². The van der Waals surface area contributed by atoms with Crippen molar-refractivity contribution >= 4 is 57.2 Å². The zero-order chi connectivity index (χ0) is 29.7. The number of amides is 4. The molecule has 0 saturated carbocycles. The molecule has 13 heteroatoms. The Morgan fingerprint density at radius 3 is 2.27 bits per heavy atom. The van der Waals surface area contributed by atoms with E-state index in [-0.39, 0.29) is 27.8 Å². The van der Waals surface area contributed by atoms with E-state index in [1.807, 2.05) is 6.92 Å². The Bertz CT molecular complexity index is 1640. The van der Waals surface area contributed by atoms with E-state index in [1.165, 1.54) is 49.6 Å². The largest absolute Gasteiger partial charge is 0.493 e. The molecule has 0 radical (unpaired) electrons. The third-order valence-electron chi connectivity index (χ3n) is 5.79. The van der Waals surface area contributed by atoms with Crippen LogP contribution in [0.2, 0.25) is 10.0 Å². The molecule has 1 fully saturated rings. The summed E-state index contributed by atoms with van der Waals surface area (Å²) in [4.78, 5) is 39.4. The molecule has 0 aromatic heterocycles. The molecule has 4 amide bonds. The van der Waals surface area contributed by atoms with E-state index in [9.17, 15) is 22.8 Å². The summed E-state index contributed by atoms with van der Waals surface area (Å²) >= 11 is 12.0. The molecular formula is C28H24Cl2N2O8S. The van der Waals surface area contributed by atoms with Gasteiger partial charge in [0.15, 0.2) is 11.5 Å². The Morgan fingerprint density at radius 2 is 1.59 bits per heavy atom. The number of barbiturate groups is 1. The van der Waals surface area contributed by atoms with Gasteiger partial charge in [0.2, 0.25) is 0 Å². The third-order valence-corrected chi connectivity index (χ3v) is 7.53. The van der Waals surface area contributed by atoms with E-state index < -0.39 is 33.5 Å². The highest BCUT2D eigenvalue weighted by Gasteiger charge is 2.36. The summed E-state index contributed by atoms with van der Waals surface area (Å²) in [5.74, 6) is -1.16. The number of hydrogen-bond donors (Lipinski definition) is 1. The van der Waals surface area contributed by atoms with Crippen molar-refractivity contribution in [2.45, 2.75) is 24.8 Å². The average Bonchev–Trinajstić information content (AvgIpc) is 2.94. The smallest absolute Gasteiger partial charge is 0.339 e. The lowest BCUT2D eigenvalue weighted by Gasteiger charge is -2.26. The van der Waals surface area contributed by atoms with Crippen LogP contribution >= 0.6 is 23.2 Å². The molecule has 0 unspecified atom stereocenters. The molecule has 4 rings (SSSR count). The second kappa shape index (κ2) is 12.6. The number of carbonyl (C=O) groups is 3. The van der Waals surface area contributed by atoms with Crippen molar-refractivity contribution in [3.05, 3.63) is 87.4 Å². The number of ether oxygens (including phenoxy) is 2. The highest BCUT2D eigenvalue weighted by Crippen LogP contribution is 2.31. The molecule has 0 bridgehead atoms. The van der Waals surface area contributed by atoms with Gasteiger partial charge in [-0.1, -0.05) is 36.2 Å². The first kappa shape index (κ1) is 29.9. The monoisotopic (exact) mass is 618 g/mol. The number of urea groups is 1. The van der Waals surface area contributed by atoms with Gasteiger partial charge in [-0.25, -0.2) is 4.79 Å². The van der Waals surface area contributed by atoms with Crippen LogP contribution in [-0.4, -0.2) is 44.9 Å². The van der Waals surface area contributed by atoms with E-state index in [1.54, 1.807) is 18.2 Å². The van der Waals surface area contributed by atoms with Gasteiger partial charge in [-0.3, -0.25) is 19.8 Å². The zero-order valence-corrected chi connectivity index (χ0v) is 24.2. The molecule has 41 heavy (non-hydrogen) atoms. The Hall–Kier alpha value is -4.06. The first-order chi connectivity index (χ1) is 19.5. The lowest BCUT2D eigenvalue weighted by atomic mass is 10.1. The average molecular weight is 619 g/mol. The minimum absolute atomic E-state index is 0.0157. The Morgan fingerprint density at radius 1 is 0.902 bits per heavy atom. The fraction of sp³-hybridized carbons (Fsp3) is 0.179. The van der Waals surface area contributed by atoms with Gasteiger partial charge in [-0.15, -0.1) is 0 Å². The molecule has 10 nitrogen and oxygen atoms in total. The normalized spacial score (nSPS) is 14.7. The molecule has 3 aromatic rings. The zero-order valence-electron chi connectivity index (χ0n) is 21.8. The molecule has 1 N–H and O–H groups in total. The van der Waals surface area contributed by atoms with Crippen LogP contribution in [0.3, 0.4) is 0 Å². The number of imide groups is 2. The van der Waals surface area contributed by atoms with Gasteiger partial charge in [0.1, 0.15) is 16.2 Å². The third kappa shape index (κ3) is 6.99. The second-order valence-electron chi connectivity index (χ2n) is 8.72. The van der Waals surface area contributed by atoms with Gasteiger partial charge in [0.05, 0.1) is 20.3 Å². The van der Waals surface area contributed by atoms with Crippen LogP contribution in [0.4, 0.5) is 4.79 Å². The molecule has 0 aliphatic carbocycles. The number of nitrogens with zero attached hydrogens (tertiary/aromatic N) is 1. The Labute approximate surface area is 246 Å². The number of rotatable bonds is 10. The maximum absolute atomic E-state index is 13.4.